The van der Waals surface area contributed by atoms with Crippen molar-refractivity contribution in [1.82, 2.24) is 5.32 Å². The Labute approximate surface area is 163 Å². The fourth-order valence-corrected chi connectivity index (χ4v) is 2.83. The summed E-state index contributed by atoms with van der Waals surface area (Å²) in [6.45, 7) is 6.96. The fraction of sp³-hybridized carbons (Fsp3) is 0.316. The van der Waals surface area contributed by atoms with Gasteiger partial charge in [0.2, 0.25) is 0 Å². The molecule has 0 aliphatic heterocycles. The first-order valence-electron chi connectivity index (χ1n) is 8.36. The van der Waals surface area contributed by atoms with E-state index in [0.29, 0.717) is 35.5 Å². The Morgan fingerprint density at radius 3 is 2.46 bits per heavy atom. The zero-order chi connectivity index (χ0) is 19.1. The third kappa shape index (κ3) is 5.47. The first-order chi connectivity index (χ1) is 12.4. The van der Waals surface area contributed by atoms with Gasteiger partial charge in [0.1, 0.15) is 5.82 Å². The molecule has 2 aromatic rings. The van der Waals surface area contributed by atoms with Crippen LogP contribution in [0.25, 0.3) is 0 Å². The van der Waals surface area contributed by atoms with Gasteiger partial charge in [0.05, 0.1) is 24.3 Å². The van der Waals surface area contributed by atoms with Gasteiger partial charge in [0.25, 0.3) is 0 Å². The smallest absolute Gasteiger partial charge is 0.171 e. The van der Waals surface area contributed by atoms with E-state index in [1.165, 1.54) is 12.1 Å². The molecule has 1 atom stereocenters. The van der Waals surface area contributed by atoms with Crippen LogP contribution in [0.3, 0.4) is 0 Å². The van der Waals surface area contributed by atoms with Gasteiger partial charge in [-0.2, -0.15) is 0 Å². The van der Waals surface area contributed by atoms with Crippen molar-refractivity contribution in [1.29, 1.82) is 0 Å². The number of hydrogen-bond acceptors (Lipinski definition) is 3. The predicted octanol–water partition coefficient (Wildman–Crippen LogP) is 5.32. The average molecular weight is 397 g/mol. The van der Waals surface area contributed by atoms with Gasteiger partial charge in [-0.1, -0.05) is 17.7 Å². The number of hydrogen-bond donors (Lipinski definition) is 2. The molecule has 0 saturated heterocycles. The maximum atomic E-state index is 13.2. The van der Waals surface area contributed by atoms with E-state index in [4.69, 9.17) is 33.3 Å². The first kappa shape index (κ1) is 20.3. The van der Waals surface area contributed by atoms with Crippen LogP contribution < -0.4 is 20.1 Å². The molecule has 2 N–H and O–H groups in total. The highest BCUT2D eigenvalue weighted by atomic mass is 35.5. The third-order valence-electron chi connectivity index (χ3n) is 3.59. The molecule has 2 rings (SSSR count). The minimum absolute atomic E-state index is 0.0405. The SMILES string of the molecule is CCOc1ccc([C@H](C)NC(=S)Nc2ccc(F)c(Cl)c2)cc1OCC. The Balaban J connectivity index is 2.05. The van der Waals surface area contributed by atoms with Gasteiger partial charge < -0.3 is 20.1 Å². The van der Waals surface area contributed by atoms with Crippen LogP contribution in [0.4, 0.5) is 10.1 Å². The molecule has 0 aromatic heterocycles. The predicted molar refractivity (Wildman–Crippen MR) is 108 cm³/mol. The second kappa shape index (κ2) is 9.59. The number of ether oxygens (including phenoxy) is 2. The number of rotatable bonds is 7. The maximum Gasteiger partial charge on any atom is 0.171 e. The molecule has 26 heavy (non-hydrogen) atoms. The van der Waals surface area contributed by atoms with Crippen molar-refractivity contribution in [2.45, 2.75) is 26.8 Å². The van der Waals surface area contributed by atoms with Gasteiger partial charge in [-0.15, -0.1) is 0 Å². The zero-order valence-corrected chi connectivity index (χ0v) is 16.5. The Hall–Kier alpha value is -2.05. The monoisotopic (exact) mass is 396 g/mol. The van der Waals surface area contributed by atoms with Crippen molar-refractivity contribution >= 4 is 34.6 Å². The summed E-state index contributed by atoms with van der Waals surface area (Å²) in [5.74, 6) is 0.943. The first-order valence-corrected chi connectivity index (χ1v) is 9.15. The van der Waals surface area contributed by atoms with Gasteiger partial charge in [0.15, 0.2) is 16.6 Å². The van der Waals surface area contributed by atoms with Gasteiger partial charge in [-0.25, -0.2) is 4.39 Å². The summed E-state index contributed by atoms with van der Waals surface area (Å²) in [6.07, 6.45) is 0. The molecule has 0 bridgehead atoms. The zero-order valence-electron chi connectivity index (χ0n) is 14.9. The highest BCUT2D eigenvalue weighted by Crippen LogP contribution is 2.30. The molecule has 0 saturated carbocycles. The second-order valence-corrected chi connectivity index (χ2v) is 6.34. The minimum atomic E-state index is -0.470. The van der Waals surface area contributed by atoms with E-state index in [9.17, 15) is 4.39 Å². The summed E-state index contributed by atoms with van der Waals surface area (Å²) in [4.78, 5) is 0. The summed E-state index contributed by atoms with van der Waals surface area (Å²) in [5, 5.41) is 6.63. The molecular formula is C19H22ClFN2O2S. The van der Waals surface area contributed by atoms with Gasteiger partial charge >= 0.3 is 0 Å². The number of thiocarbonyl (C=S) groups is 1. The lowest BCUT2D eigenvalue weighted by atomic mass is 10.1. The van der Waals surface area contributed by atoms with Gasteiger partial charge in [-0.05, 0) is 68.9 Å². The fourth-order valence-electron chi connectivity index (χ4n) is 2.36. The molecule has 4 nitrogen and oxygen atoms in total. The number of benzene rings is 2. The Morgan fingerprint density at radius 2 is 1.81 bits per heavy atom. The Kier molecular flexibility index (Phi) is 7.48. The van der Waals surface area contributed by atoms with E-state index in [-0.39, 0.29) is 11.1 Å². The largest absolute Gasteiger partial charge is 0.490 e. The summed E-state index contributed by atoms with van der Waals surface area (Å²) >= 11 is 11.1. The van der Waals surface area contributed by atoms with Crippen molar-refractivity contribution in [3.8, 4) is 11.5 Å². The van der Waals surface area contributed by atoms with Crippen LogP contribution in [0.2, 0.25) is 5.02 Å². The molecule has 0 aliphatic rings. The third-order valence-corrected chi connectivity index (χ3v) is 4.10. The lowest BCUT2D eigenvalue weighted by molar-refractivity contribution is 0.287. The molecule has 7 heteroatoms. The van der Waals surface area contributed by atoms with E-state index < -0.39 is 5.82 Å². The van der Waals surface area contributed by atoms with Gasteiger partial charge in [0, 0.05) is 5.69 Å². The normalized spacial score (nSPS) is 11.6. The lowest BCUT2D eigenvalue weighted by Crippen LogP contribution is -2.30. The number of anilines is 1. The summed E-state index contributed by atoms with van der Waals surface area (Å²) < 4.78 is 24.5. The molecule has 0 radical (unpaired) electrons. The lowest BCUT2D eigenvalue weighted by Gasteiger charge is -2.19. The van der Waals surface area contributed by atoms with Crippen molar-refractivity contribution in [2.75, 3.05) is 18.5 Å². The highest BCUT2D eigenvalue weighted by molar-refractivity contribution is 7.80. The van der Waals surface area contributed by atoms with Crippen LogP contribution in [-0.2, 0) is 0 Å². The molecular weight excluding hydrogens is 375 g/mol. The molecule has 2 aromatic carbocycles. The van der Waals surface area contributed by atoms with Crippen LogP contribution in [0.5, 0.6) is 11.5 Å². The molecule has 0 spiro atoms. The summed E-state index contributed by atoms with van der Waals surface area (Å²) in [5.41, 5.74) is 1.61. The van der Waals surface area contributed by atoms with E-state index >= 15 is 0 Å². The minimum Gasteiger partial charge on any atom is -0.490 e. The topological polar surface area (TPSA) is 42.5 Å². The van der Waals surface area contributed by atoms with E-state index in [2.05, 4.69) is 10.6 Å². The van der Waals surface area contributed by atoms with E-state index in [1.807, 2.05) is 39.0 Å². The van der Waals surface area contributed by atoms with Crippen LogP contribution >= 0.6 is 23.8 Å². The molecule has 140 valence electrons. The van der Waals surface area contributed by atoms with E-state index in [1.54, 1.807) is 6.07 Å². The molecule has 0 unspecified atom stereocenters. The highest BCUT2D eigenvalue weighted by Gasteiger charge is 2.12. The molecule has 0 aliphatic carbocycles. The van der Waals surface area contributed by atoms with Crippen LogP contribution in [0.1, 0.15) is 32.4 Å². The maximum absolute atomic E-state index is 13.2. The quantitative estimate of drug-likeness (QED) is 0.619. The van der Waals surface area contributed by atoms with Crippen molar-refractivity contribution in [3.05, 3.63) is 52.8 Å². The standard InChI is InChI=1S/C19H22ClFN2O2S/c1-4-24-17-9-6-13(10-18(17)25-5-2)12(3)22-19(26)23-14-7-8-16(21)15(20)11-14/h6-12H,4-5H2,1-3H3,(H2,22,23,26)/t12-/m0/s1. The second-order valence-electron chi connectivity index (χ2n) is 5.52. The molecule has 0 heterocycles. The Bertz CT molecular complexity index is 773. The summed E-state index contributed by atoms with van der Waals surface area (Å²) in [7, 11) is 0. The van der Waals surface area contributed by atoms with Crippen LogP contribution in [0, 0.1) is 5.82 Å². The van der Waals surface area contributed by atoms with Crippen molar-refractivity contribution in [2.24, 2.45) is 0 Å². The van der Waals surface area contributed by atoms with Crippen molar-refractivity contribution < 1.29 is 13.9 Å². The van der Waals surface area contributed by atoms with Crippen LogP contribution in [-0.4, -0.2) is 18.3 Å². The molecule has 0 fully saturated rings. The average Bonchev–Trinajstić information content (AvgIpc) is 2.60. The molecule has 0 amide bonds. The van der Waals surface area contributed by atoms with E-state index in [0.717, 1.165) is 5.56 Å². The Morgan fingerprint density at radius 1 is 1.12 bits per heavy atom. The van der Waals surface area contributed by atoms with Gasteiger partial charge in [-0.3, -0.25) is 0 Å². The number of nitrogens with one attached hydrogen (secondary N) is 2. The van der Waals surface area contributed by atoms with Crippen LogP contribution in [0.15, 0.2) is 36.4 Å². The van der Waals surface area contributed by atoms with Crippen molar-refractivity contribution in [3.63, 3.8) is 0 Å². The summed E-state index contributed by atoms with van der Waals surface area (Å²) in [6, 6.07) is 10.1. The number of halogens is 2.